The van der Waals surface area contributed by atoms with Crippen molar-refractivity contribution >= 4 is 11.6 Å². The van der Waals surface area contributed by atoms with Crippen LogP contribution in [0.4, 0.5) is 5.69 Å². The van der Waals surface area contributed by atoms with E-state index in [1.807, 2.05) is 13.0 Å². The zero-order valence-corrected chi connectivity index (χ0v) is 9.58. The molecule has 1 heterocycles. The van der Waals surface area contributed by atoms with Gasteiger partial charge in [-0.1, -0.05) is 0 Å². The van der Waals surface area contributed by atoms with Crippen LogP contribution in [-0.4, -0.2) is 18.2 Å². The van der Waals surface area contributed by atoms with Crippen LogP contribution in [0.2, 0.25) is 0 Å². The van der Waals surface area contributed by atoms with Gasteiger partial charge >= 0.3 is 0 Å². The average molecular weight is 234 g/mol. The first-order valence-electron chi connectivity index (χ1n) is 5.59. The molecule has 90 valence electrons. The van der Waals surface area contributed by atoms with Gasteiger partial charge in [0.05, 0.1) is 5.54 Å². The van der Waals surface area contributed by atoms with E-state index in [2.05, 4.69) is 5.32 Å². The van der Waals surface area contributed by atoms with E-state index in [-0.39, 0.29) is 12.7 Å². The summed E-state index contributed by atoms with van der Waals surface area (Å²) in [7, 11) is 0. The van der Waals surface area contributed by atoms with Crippen molar-refractivity contribution < 1.29 is 14.3 Å². The molecule has 0 unspecified atom stereocenters. The van der Waals surface area contributed by atoms with E-state index in [0.717, 1.165) is 29.8 Å². The van der Waals surface area contributed by atoms with Crippen LogP contribution in [-0.2, 0) is 4.79 Å². The Labute approximate surface area is 98.9 Å². The lowest BCUT2D eigenvalue weighted by Gasteiger charge is -2.12. The largest absolute Gasteiger partial charge is 0.454 e. The Morgan fingerprint density at radius 2 is 2.00 bits per heavy atom. The van der Waals surface area contributed by atoms with Gasteiger partial charge in [-0.3, -0.25) is 4.79 Å². The maximum atomic E-state index is 11.8. The molecule has 5 nitrogen and oxygen atoms in total. The molecule has 3 rings (SSSR count). The summed E-state index contributed by atoms with van der Waals surface area (Å²) in [4.78, 5) is 11.8. The van der Waals surface area contributed by atoms with Crippen LogP contribution in [0.25, 0.3) is 0 Å². The summed E-state index contributed by atoms with van der Waals surface area (Å²) in [6.45, 7) is 2.14. The quantitative estimate of drug-likeness (QED) is 0.805. The van der Waals surface area contributed by atoms with Crippen LogP contribution in [0.3, 0.4) is 0 Å². The third-order valence-electron chi connectivity index (χ3n) is 3.21. The second kappa shape index (κ2) is 3.37. The summed E-state index contributed by atoms with van der Waals surface area (Å²) in [5.74, 6) is 1.25. The van der Waals surface area contributed by atoms with E-state index in [1.165, 1.54) is 0 Å². The summed E-state index contributed by atoms with van der Waals surface area (Å²) >= 11 is 0. The van der Waals surface area contributed by atoms with Gasteiger partial charge in [0.1, 0.15) is 0 Å². The maximum absolute atomic E-state index is 11.8. The molecule has 0 saturated heterocycles. The molecule has 1 aliphatic heterocycles. The standard InChI is InChI=1S/C12H14N2O3/c1-7-4-9-10(17-6-16-9)5-8(7)14-11(15)12(13)2-3-12/h4-5H,2-3,6,13H2,1H3,(H,14,15). The minimum Gasteiger partial charge on any atom is -0.454 e. The molecule has 5 heteroatoms. The number of aryl methyl sites for hydroxylation is 1. The van der Waals surface area contributed by atoms with Crippen molar-refractivity contribution in [3.8, 4) is 11.5 Å². The molecule has 0 atom stereocenters. The smallest absolute Gasteiger partial charge is 0.244 e. The average Bonchev–Trinajstić information content (AvgIpc) is 2.88. The van der Waals surface area contributed by atoms with Crippen molar-refractivity contribution in [2.45, 2.75) is 25.3 Å². The number of benzene rings is 1. The first-order valence-corrected chi connectivity index (χ1v) is 5.59. The van der Waals surface area contributed by atoms with Gasteiger partial charge < -0.3 is 20.5 Å². The highest BCUT2D eigenvalue weighted by Crippen LogP contribution is 2.38. The molecule has 1 aliphatic carbocycles. The molecular formula is C12H14N2O3. The van der Waals surface area contributed by atoms with Crippen LogP contribution >= 0.6 is 0 Å². The first-order chi connectivity index (χ1) is 8.08. The van der Waals surface area contributed by atoms with Crippen LogP contribution in [0, 0.1) is 6.92 Å². The Kier molecular flexibility index (Phi) is 2.06. The van der Waals surface area contributed by atoms with Gasteiger partial charge in [0.25, 0.3) is 0 Å². The number of amides is 1. The van der Waals surface area contributed by atoms with E-state index in [4.69, 9.17) is 15.2 Å². The van der Waals surface area contributed by atoms with Crippen LogP contribution in [0.15, 0.2) is 12.1 Å². The Hall–Kier alpha value is -1.75. The molecule has 3 N–H and O–H groups in total. The molecule has 1 aromatic rings. The number of ether oxygens (including phenoxy) is 2. The Bertz CT molecular complexity index is 495. The zero-order chi connectivity index (χ0) is 12.0. The summed E-state index contributed by atoms with van der Waals surface area (Å²) < 4.78 is 10.5. The van der Waals surface area contributed by atoms with Crippen molar-refractivity contribution in [1.82, 2.24) is 0 Å². The fraction of sp³-hybridized carbons (Fsp3) is 0.417. The number of carbonyl (C=O) groups excluding carboxylic acids is 1. The van der Waals surface area contributed by atoms with Gasteiger partial charge in [-0.15, -0.1) is 0 Å². The highest BCUT2D eigenvalue weighted by Gasteiger charge is 2.46. The molecule has 1 saturated carbocycles. The Morgan fingerprint density at radius 1 is 1.35 bits per heavy atom. The summed E-state index contributed by atoms with van der Waals surface area (Å²) in [6.07, 6.45) is 1.50. The van der Waals surface area contributed by atoms with E-state index >= 15 is 0 Å². The summed E-state index contributed by atoms with van der Waals surface area (Å²) in [5.41, 5.74) is 6.84. The highest BCUT2D eigenvalue weighted by molar-refractivity contribution is 6.00. The van der Waals surface area contributed by atoms with Crippen molar-refractivity contribution in [2.75, 3.05) is 12.1 Å². The van der Waals surface area contributed by atoms with Gasteiger partial charge in [-0.25, -0.2) is 0 Å². The molecule has 0 radical (unpaired) electrons. The van der Waals surface area contributed by atoms with Crippen LogP contribution < -0.4 is 20.5 Å². The first kappa shape index (κ1) is 10.4. The molecule has 1 fully saturated rings. The number of carbonyl (C=O) groups is 1. The second-order valence-electron chi connectivity index (χ2n) is 4.63. The van der Waals surface area contributed by atoms with Crippen LogP contribution in [0.5, 0.6) is 11.5 Å². The Balaban J connectivity index is 1.85. The molecule has 2 aliphatic rings. The van der Waals surface area contributed by atoms with Crippen molar-refractivity contribution in [3.05, 3.63) is 17.7 Å². The zero-order valence-electron chi connectivity index (χ0n) is 9.58. The minimum atomic E-state index is -0.664. The third kappa shape index (κ3) is 1.72. The molecule has 1 aromatic carbocycles. The number of nitrogens with two attached hydrogens (primary N) is 1. The van der Waals surface area contributed by atoms with Gasteiger partial charge in [-0.2, -0.15) is 0 Å². The van der Waals surface area contributed by atoms with Crippen molar-refractivity contribution in [1.29, 1.82) is 0 Å². The lowest BCUT2D eigenvalue weighted by atomic mass is 10.1. The highest BCUT2D eigenvalue weighted by atomic mass is 16.7. The third-order valence-corrected chi connectivity index (χ3v) is 3.21. The predicted molar refractivity (Wildman–Crippen MR) is 62.1 cm³/mol. The Morgan fingerprint density at radius 3 is 2.65 bits per heavy atom. The van der Waals surface area contributed by atoms with Crippen LogP contribution in [0.1, 0.15) is 18.4 Å². The molecular weight excluding hydrogens is 220 g/mol. The van der Waals surface area contributed by atoms with E-state index < -0.39 is 5.54 Å². The SMILES string of the molecule is Cc1cc2c(cc1NC(=O)C1(N)CC1)OCO2. The lowest BCUT2D eigenvalue weighted by Crippen LogP contribution is -2.37. The number of hydrogen-bond donors (Lipinski definition) is 2. The molecule has 1 amide bonds. The van der Waals surface area contributed by atoms with Gasteiger partial charge in [-0.05, 0) is 31.4 Å². The number of anilines is 1. The van der Waals surface area contributed by atoms with Crippen molar-refractivity contribution in [3.63, 3.8) is 0 Å². The monoisotopic (exact) mass is 234 g/mol. The predicted octanol–water partition coefficient (Wildman–Crippen LogP) is 1.15. The van der Waals surface area contributed by atoms with E-state index in [9.17, 15) is 4.79 Å². The minimum absolute atomic E-state index is 0.125. The van der Waals surface area contributed by atoms with E-state index in [0.29, 0.717) is 5.75 Å². The second-order valence-corrected chi connectivity index (χ2v) is 4.63. The number of nitrogens with one attached hydrogen (secondary N) is 1. The molecule has 0 spiro atoms. The van der Waals surface area contributed by atoms with E-state index in [1.54, 1.807) is 6.07 Å². The maximum Gasteiger partial charge on any atom is 0.244 e. The summed E-state index contributed by atoms with van der Waals surface area (Å²) in [6, 6.07) is 3.63. The molecule has 17 heavy (non-hydrogen) atoms. The fourth-order valence-corrected chi connectivity index (χ4v) is 1.79. The number of rotatable bonds is 2. The fourth-order valence-electron chi connectivity index (χ4n) is 1.79. The lowest BCUT2D eigenvalue weighted by molar-refractivity contribution is -0.118. The molecule has 0 bridgehead atoms. The van der Waals surface area contributed by atoms with Gasteiger partial charge in [0, 0.05) is 11.8 Å². The normalized spacial score (nSPS) is 18.9. The van der Waals surface area contributed by atoms with Gasteiger partial charge in [0.15, 0.2) is 11.5 Å². The van der Waals surface area contributed by atoms with Crippen molar-refractivity contribution in [2.24, 2.45) is 5.73 Å². The number of hydrogen-bond acceptors (Lipinski definition) is 4. The topological polar surface area (TPSA) is 73.6 Å². The number of fused-ring (bicyclic) bond motifs is 1. The summed E-state index contributed by atoms with van der Waals surface area (Å²) in [5, 5.41) is 2.84. The molecule has 0 aromatic heterocycles. The van der Waals surface area contributed by atoms with Gasteiger partial charge in [0.2, 0.25) is 12.7 Å².